The van der Waals surface area contributed by atoms with E-state index in [9.17, 15) is 0 Å². The quantitative estimate of drug-likeness (QED) is 0.128. The molecule has 0 N–H and O–H groups in total. The zero-order valence-electron chi connectivity index (χ0n) is 48.3. The fourth-order valence-corrected chi connectivity index (χ4v) is 9.37. The number of hydrogen-bond acceptors (Lipinski definition) is 3. The van der Waals surface area contributed by atoms with Gasteiger partial charge in [-0.1, -0.05) is 106 Å². The summed E-state index contributed by atoms with van der Waals surface area (Å²) in [7, 11) is 10.3. The van der Waals surface area contributed by atoms with Gasteiger partial charge in [-0.05, 0) is 123 Å². The molecule has 4 aromatic carbocycles. The molecule has 10 aromatic rings. The first-order chi connectivity index (χ1) is 34.1. The van der Waals surface area contributed by atoms with Crippen LogP contribution in [-0.2, 0) is 35.2 Å². The highest BCUT2D eigenvalue weighted by Crippen LogP contribution is 2.36. The van der Waals surface area contributed by atoms with E-state index in [2.05, 4.69) is 158 Å². The lowest BCUT2D eigenvalue weighted by atomic mass is 9.91. The van der Waals surface area contributed by atoms with Crippen LogP contribution in [0.3, 0.4) is 0 Å². The number of benzene rings is 4. The molecular weight excluding hydrogens is 871 g/mol. The number of hydrogen-bond donors (Lipinski definition) is 0. The average Bonchev–Trinajstić information content (AvgIpc) is 3.96. The van der Waals surface area contributed by atoms with Crippen molar-refractivity contribution >= 4 is 49.1 Å². The van der Waals surface area contributed by atoms with Crippen LogP contribution in [0.1, 0.15) is 120 Å². The van der Waals surface area contributed by atoms with Crippen LogP contribution in [0.5, 0.6) is 0 Å². The molecule has 9 nitrogen and oxygen atoms in total. The van der Waals surface area contributed by atoms with E-state index < -0.39 is 0 Å². The number of rotatable bonds is 2. The van der Waals surface area contributed by atoms with Crippen molar-refractivity contribution in [2.45, 2.75) is 132 Å². The fraction of sp³-hybridized carbons (Fsp3) is 0.387. The van der Waals surface area contributed by atoms with Gasteiger partial charge in [0.15, 0.2) is 6.20 Å². The van der Waals surface area contributed by atoms with Crippen LogP contribution in [0.4, 0.5) is 0 Å². The maximum atomic E-state index is 4.73. The van der Waals surface area contributed by atoms with Crippen molar-refractivity contribution in [2.75, 3.05) is 0 Å². The molecule has 0 amide bonds. The second-order valence-electron chi connectivity index (χ2n) is 16.8. The molecule has 9 heteroatoms. The highest BCUT2D eigenvalue weighted by Gasteiger charge is 2.26. The maximum absolute atomic E-state index is 4.73. The zero-order chi connectivity index (χ0) is 53.6. The lowest BCUT2D eigenvalue weighted by molar-refractivity contribution is -0.667. The Morgan fingerprint density at radius 1 is 0.479 bits per heavy atom. The predicted octanol–water partition coefficient (Wildman–Crippen LogP) is 14.5. The number of para-hydroxylation sites is 1. The molecule has 0 atom stereocenters. The molecule has 0 unspecified atom stereocenters. The molecular formula is C62H88N9+3. The Bertz CT molecular complexity index is 3320. The molecule has 0 fully saturated rings. The SMILES string of the molecule is CC.CC.CC.CC.CC.Cc1c(C)c(C)c2c(c1C)c1cccc(C)c1c1n(C)nc(C)[n+]21.Cc1cc2c3ccccc3n(C)c2cc1-c1n(C)nc(C)[n+]1C.Cc1ccncc1-c1cccc[n+]1C. The number of fused-ring (bicyclic) bond motifs is 9. The summed E-state index contributed by atoms with van der Waals surface area (Å²) in [5, 5.41) is 15.9. The molecule has 0 spiro atoms. The van der Waals surface area contributed by atoms with E-state index in [1.165, 1.54) is 105 Å². The molecule has 6 aromatic heterocycles. The normalized spacial score (nSPS) is 10.3. The van der Waals surface area contributed by atoms with E-state index in [0.29, 0.717) is 0 Å². The summed E-state index contributed by atoms with van der Waals surface area (Å²) in [6, 6.07) is 28.0. The van der Waals surface area contributed by atoms with Crippen molar-refractivity contribution < 1.29 is 13.5 Å². The topological polar surface area (TPSA) is 65.3 Å². The molecule has 10 rings (SSSR count). The second-order valence-corrected chi connectivity index (χ2v) is 16.8. The van der Waals surface area contributed by atoms with Gasteiger partial charge in [-0.3, -0.25) is 4.98 Å². The van der Waals surface area contributed by atoms with Gasteiger partial charge in [-0.2, -0.15) is 4.40 Å². The summed E-state index contributed by atoms with van der Waals surface area (Å²) in [5.74, 6) is 3.18. The van der Waals surface area contributed by atoms with Crippen LogP contribution < -0.4 is 13.5 Å². The first-order valence-corrected chi connectivity index (χ1v) is 26.0. The number of pyridine rings is 3. The number of aromatic nitrogens is 9. The van der Waals surface area contributed by atoms with Crippen LogP contribution in [0.2, 0.25) is 0 Å². The summed E-state index contributed by atoms with van der Waals surface area (Å²) in [5.41, 5.74) is 17.9. The van der Waals surface area contributed by atoms with Crippen molar-refractivity contribution in [1.29, 1.82) is 0 Å². The lowest BCUT2D eigenvalue weighted by Crippen LogP contribution is -2.32. The molecule has 0 aliphatic rings. The minimum atomic E-state index is 1.01. The van der Waals surface area contributed by atoms with E-state index in [-0.39, 0.29) is 0 Å². The molecule has 0 saturated heterocycles. The first kappa shape index (κ1) is 58.6. The van der Waals surface area contributed by atoms with Gasteiger partial charge in [0.1, 0.15) is 12.6 Å². The Morgan fingerprint density at radius 2 is 1.07 bits per heavy atom. The summed E-state index contributed by atoms with van der Waals surface area (Å²) in [6.45, 7) is 39.6. The third-order valence-corrected chi connectivity index (χ3v) is 13.1. The van der Waals surface area contributed by atoms with Crippen molar-refractivity contribution in [1.82, 2.24) is 29.1 Å². The van der Waals surface area contributed by atoms with E-state index in [0.717, 1.165) is 17.5 Å². The standard InChI is InChI=1S/C21H24N3.C19H21N4.C12H13N2.5C2H6/c1-11-9-8-10-17-18(11)21-23(7)22-16(6)24(21)20-15(5)13(3)12(2)14(4)19(17)20;1-12-10-16-14-8-6-7-9-17(14)22(4)18(16)11-15(12)19-21(3)13(2)20-23(19)5;1-10-6-7-13-9-11(10)12-5-3-4-8-14(12)2;5*1-2/h8-10H,1-7H3;6-11H,1-5H3;3-9H,1-2H3;5*1-2H3/q3*+1;;;;;. The third-order valence-electron chi connectivity index (χ3n) is 13.1. The molecule has 378 valence electrons. The molecule has 0 saturated carbocycles. The molecule has 0 radical (unpaired) electrons. The Kier molecular flexibility index (Phi) is 21.8. The molecule has 0 bridgehead atoms. The smallest absolute Gasteiger partial charge is 0.279 e. The van der Waals surface area contributed by atoms with Crippen LogP contribution in [0.25, 0.3) is 71.8 Å². The summed E-state index contributed by atoms with van der Waals surface area (Å²) in [4.78, 5) is 4.15. The zero-order valence-corrected chi connectivity index (χ0v) is 48.3. The minimum absolute atomic E-state index is 1.01. The van der Waals surface area contributed by atoms with E-state index in [4.69, 9.17) is 5.10 Å². The van der Waals surface area contributed by atoms with E-state index in [1.807, 2.05) is 143 Å². The van der Waals surface area contributed by atoms with Crippen molar-refractivity contribution in [3.63, 3.8) is 0 Å². The van der Waals surface area contributed by atoms with E-state index in [1.54, 1.807) is 0 Å². The van der Waals surface area contributed by atoms with Gasteiger partial charge in [-0.25, -0.2) is 9.13 Å². The monoisotopic (exact) mass is 959 g/mol. The Labute approximate surface area is 427 Å². The highest BCUT2D eigenvalue weighted by molar-refractivity contribution is 6.13. The highest BCUT2D eigenvalue weighted by atomic mass is 15.4. The fourth-order valence-electron chi connectivity index (χ4n) is 9.37. The minimum Gasteiger partial charge on any atom is -0.344 e. The predicted molar refractivity (Wildman–Crippen MR) is 305 cm³/mol. The van der Waals surface area contributed by atoms with Crippen molar-refractivity contribution in [2.24, 2.45) is 35.2 Å². The van der Waals surface area contributed by atoms with Crippen LogP contribution in [0.15, 0.2) is 97.5 Å². The van der Waals surface area contributed by atoms with Gasteiger partial charge < -0.3 is 4.57 Å². The van der Waals surface area contributed by atoms with Crippen molar-refractivity contribution in [3.8, 4) is 22.6 Å². The van der Waals surface area contributed by atoms with Gasteiger partial charge in [-0.15, -0.1) is 9.36 Å². The van der Waals surface area contributed by atoms with Gasteiger partial charge >= 0.3 is 0 Å². The van der Waals surface area contributed by atoms with Gasteiger partial charge in [0.25, 0.3) is 23.1 Å². The number of aryl methyl sites for hydroxylation is 11. The summed E-state index contributed by atoms with van der Waals surface area (Å²) in [6.07, 6.45) is 5.77. The lowest BCUT2D eigenvalue weighted by Gasteiger charge is -2.16. The Morgan fingerprint density at radius 3 is 1.68 bits per heavy atom. The van der Waals surface area contributed by atoms with Gasteiger partial charge in [0.2, 0.25) is 5.69 Å². The summed E-state index contributed by atoms with van der Waals surface area (Å²) < 4.78 is 12.9. The molecule has 6 heterocycles. The van der Waals surface area contributed by atoms with Gasteiger partial charge in [0.05, 0.1) is 37.7 Å². The first-order valence-electron chi connectivity index (χ1n) is 26.0. The van der Waals surface area contributed by atoms with Crippen LogP contribution >= 0.6 is 0 Å². The van der Waals surface area contributed by atoms with E-state index >= 15 is 0 Å². The van der Waals surface area contributed by atoms with Crippen LogP contribution in [0, 0.1) is 62.3 Å². The van der Waals surface area contributed by atoms with Crippen LogP contribution in [-0.4, -0.2) is 29.1 Å². The second kappa shape index (κ2) is 26.5. The molecule has 0 aliphatic carbocycles. The van der Waals surface area contributed by atoms with Crippen molar-refractivity contribution in [3.05, 3.63) is 148 Å². The van der Waals surface area contributed by atoms with Gasteiger partial charge in [0, 0.05) is 82.8 Å². The Balaban J connectivity index is 0.000000265. The summed E-state index contributed by atoms with van der Waals surface area (Å²) >= 11 is 0. The average molecular weight is 959 g/mol. The third kappa shape index (κ3) is 11.4. The largest absolute Gasteiger partial charge is 0.344 e. The Hall–Kier alpha value is -6.74. The number of nitrogens with zero attached hydrogens (tertiary/aromatic N) is 9. The molecule has 0 aliphatic heterocycles. The molecule has 71 heavy (non-hydrogen) atoms. The maximum Gasteiger partial charge on any atom is 0.279 e.